The third-order valence-electron chi connectivity index (χ3n) is 10.2. The van der Waals surface area contributed by atoms with Gasteiger partial charge in [0, 0.05) is 0 Å². The Labute approximate surface area is 205 Å². The topological polar surface area (TPSA) is 0 Å². The predicted octanol–water partition coefficient (Wildman–Crippen LogP) is 10.6. The Morgan fingerprint density at radius 3 is 1.67 bits per heavy atom. The fraction of sp³-hybridized carbons (Fsp3) is 1.00. The molecule has 3 fully saturated rings. The number of unbranched alkanes of at least 4 members (excludes halogenated alkanes) is 7. The summed E-state index contributed by atoms with van der Waals surface area (Å²) in [5, 5.41) is 0. The molecule has 2 heteroatoms. The van der Waals surface area contributed by atoms with E-state index in [2.05, 4.69) is 13.8 Å². The second-order valence-corrected chi connectivity index (χ2v) is 12.4. The highest BCUT2D eigenvalue weighted by Crippen LogP contribution is 2.48. The second kappa shape index (κ2) is 15.1. The van der Waals surface area contributed by atoms with Crippen molar-refractivity contribution in [3.8, 4) is 0 Å². The summed E-state index contributed by atoms with van der Waals surface area (Å²) in [7, 11) is 0. The van der Waals surface area contributed by atoms with Gasteiger partial charge in [-0.1, -0.05) is 90.9 Å². The average molecular weight is 467 g/mol. The van der Waals surface area contributed by atoms with Gasteiger partial charge in [-0.05, 0) is 93.3 Å². The van der Waals surface area contributed by atoms with Crippen LogP contribution in [0.3, 0.4) is 0 Å². The highest BCUT2D eigenvalue weighted by molar-refractivity contribution is 4.93. The van der Waals surface area contributed by atoms with Crippen LogP contribution in [-0.2, 0) is 0 Å². The van der Waals surface area contributed by atoms with Crippen molar-refractivity contribution in [2.45, 2.75) is 161 Å². The molecule has 4 unspecified atom stereocenters. The van der Waals surface area contributed by atoms with Crippen LogP contribution in [0.5, 0.6) is 0 Å². The van der Waals surface area contributed by atoms with Gasteiger partial charge in [0.2, 0.25) is 0 Å². The molecule has 33 heavy (non-hydrogen) atoms. The van der Waals surface area contributed by atoms with Crippen LogP contribution in [0.15, 0.2) is 0 Å². The molecule has 0 saturated heterocycles. The van der Waals surface area contributed by atoms with Crippen LogP contribution >= 0.6 is 0 Å². The van der Waals surface area contributed by atoms with Gasteiger partial charge in [-0.25, -0.2) is 8.78 Å². The molecule has 0 bridgehead atoms. The van der Waals surface area contributed by atoms with Crippen molar-refractivity contribution in [2.24, 2.45) is 35.5 Å². The monoisotopic (exact) mass is 466 g/mol. The maximum Gasteiger partial charge on any atom is 0.134 e. The normalized spacial score (nSPS) is 37.8. The summed E-state index contributed by atoms with van der Waals surface area (Å²) in [5.74, 6) is 3.25. The van der Waals surface area contributed by atoms with E-state index < -0.39 is 12.3 Å². The highest BCUT2D eigenvalue weighted by atomic mass is 19.2. The summed E-state index contributed by atoms with van der Waals surface area (Å²) in [6, 6.07) is 0. The van der Waals surface area contributed by atoms with Crippen molar-refractivity contribution < 1.29 is 8.78 Å². The smallest absolute Gasteiger partial charge is 0.134 e. The van der Waals surface area contributed by atoms with Gasteiger partial charge in [-0.3, -0.25) is 0 Å². The van der Waals surface area contributed by atoms with E-state index in [1.54, 1.807) is 0 Å². The third-order valence-corrected chi connectivity index (χ3v) is 10.2. The molecule has 0 heterocycles. The summed E-state index contributed by atoms with van der Waals surface area (Å²) in [6.45, 7) is 4.54. The van der Waals surface area contributed by atoms with E-state index in [4.69, 9.17) is 0 Å². The van der Waals surface area contributed by atoms with Gasteiger partial charge in [0.05, 0.1) is 0 Å². The summed E-state index contributed by atoms with van der Waals surface area (Å²) in [4.78, 5) is 0. The van der Waals surface area contributed by atoms with Crippen molar-refractivity contribution in [3.05, 3.63) is 0 Å². The van der Waals surface area contributed by atoms with Crippen molar-refractivity contribution in [3.63, 3.8) is 0 Å². The zero-order chi connectivity index (χ0) is 23.5. The van der Waals surface area contributed by atoms with E-state index in [-0.39, 0.29) is 11.8 Å². The molecule has 4 atom stereocenters. The first-order valence-corrected chi connectivity index (χ1v) is 15.4. The first-order chi connectivity index (χ1) is 16.1. The van der Waals surface area contributed by atoms with Gasteiger partial charge in [-0.15, -0.1) is 0 Å². The average Bonchev–Trinajstić information content (AvgIpc) is 2.85. The van der Waals surface area contributed by atoms with Crippen molar-refractivity contribution in [1.82, 2.24) is 0 Å². The Bertz CT molecular complexity index is 489. The molecule has 0 N–H and O–H groups in total. The Hall–Kier alpha value is -0.140. The van der Waals surface area contributed by atoms with Crippen LogP contribution < -0.4 is 0 Å². The van der Waals surface area contributed by atoms with Crippen molar-refractivity contribution in [2.75, 3.05) is 0 Å². The van der Waals surface area contributed by atoms with Gasteiger partial charge >= 0.3 is 0 Å². The molecule has 0 nitrogen and oxygen atoms in total. The summed E-state index contributed by atoms with van der Waals surface area (Å²) >= 11 is 0. The fourth-order valence-corrected chi connectivity index (χ4v) is 7.88. The molecule has 0 aromatic heterocycles. The standard InChI is InChI=1S/C31H56F2/c1-3-5-7-8-9-11-13-28-22-23-29(31(33)30(28)32)27-20-18-26(19-21-27)25-16-14-24(15-17-25)12-10-6-4-2/h24-31H,3-23H2,1-2H3. The van der Waals surface area contributed by atoms with Crippen LogP contribution in [0.25, 0.3) is 0 Å². The number of alkyl halides is 2. The molecule has 0 aromatic carbocycles. The lowest BCUT2D eigenvalue weighted by Crippen LogP contribution is -2.42. The van der Waals surface area contributed by atoms with E-state index in [9.17, 15) is 0 Å². The molecular weight excluding hydrogens is 410 g/mol. The number of rotatable bonds is 13. The molecule has 3 aliphatic carbocycles. The Balaban J connectivity index is 1.33. The molecule has 0 amide bonds. The largest absolute Gasteiger partial charge is 0.244 e. The van der Waals surface area contributed by atoms with Gasteiger partial charge in [0.15, 0.2) is 0 Å². The summed E-state index contributed by atoms with van der Waals surface area (Å²) < 4.78 is 30.2. The van der Waals surface area contributed by atoms with Gasteiger partial charge in [-0.2, -0.15) is 0 Å². The molecule has 3 rings (SSSR count). The Morgan fingerprint density at radius 1 is 0.485 bits per heavy atom. The molecule has 3 saturated carbocycles. The third kappa shape index (κ3) is 8.49. The van der Waals surface area contributed by atoms with E-state index in [0.29, 0.717) is 5.92 Å². The number of hydrogen-bond acceptors (Lipinski definition) is 0. The van der Waals surface area contributed by atoms with Gasteiger partial charge in [0.25, 0.3) is 0 Å². The number of hydrogen-bond donors (Lipinski definition) is 0. The molecule has 0 aromatic rings. The molecule has 0 spiro atoms. The van der Waals surface area contributed by atoms with Crippen LogP contribution in [-0.4, -0.2) is 12.3 Å². The fourth-order valence-electron chi connectivity index (χ4n) is 7.88. The maximum absolute atomic E-state index is 15.2. The minimum Gasteiger partial charge on any atom is -0.244 e. The second-order valence-electron chi connectivity index (χ2n) is 12.4. The van der Waals surface area contributed by atoms with Crippen LogP contribution in [0.4, 0.5) is 8.78 Å². The highest BCUT2D eigenvalue weighted by Gasteiger charge is 2.44. The molecule has 0 radical (unpaired) electrons. The van der Waals surface area contributed by atoms with E-state index in [1.165, 1.54) is 109 Å². The van der Waals surface area contributed by atoms with Crippen LogP contribution in [0.1, 0.15) is 149 Å². The van der Waals surface area contributed by atoms with Crippen LogP contribution in [0, 0.1) is 35.5 Å². The van der Waals surface area contributed by atoms with E-state index in [1.807, 2.05) is 0 Å². The lowest BCUT2D eigenvalue weighted by molar-refractivity contribution is -0.0176. The zero-order valence-electron chi connectivity index (χ0n) is 22.2. The van der Waals surface area contributed by atoms with E-state index >= 15 is 8.78 Å². The first kappa shape index (κ1) is 27.4. The minimum atomic E-state index is -1.19. The molecule has 0 aliphatic heterocycles. The zero-order valence-corrected chi connectivity index (χ0v) is 22.2. The summed E-state index contributed by atoms with van der Waals surface area (Å²) in [6.07, 6.45) is 24.2. The first-order valence-electron chi connectivity index (χ1n) is 15.4. The summed E-state index contributed by atoms with van der Waals surface area (Å²) in [5.41, 5.74) is 0. The maximum atomic E-state index is 15.2. The lowest BCUT2D eigenvalue weighted by atomic mass is 9.64. The quantitative estimate of drug-likeness (QED) is 0.237. The molecule has 194 valence electrons. The van der Waals surface area contributed by atoms with Gasteiger partial charge in [0.1, 0.15) is 12.3 Å². The Morgan fingerprint density at radius 2 is 1.00 bits per heavy atom. The van der Waals surface area contributed by atoms with Crippen molar-refractivity contribution >= 4 is 0 Å². The van der Waals surface area contributed by atoms with Crippen molar-refractivity contribution in [1.29, 1.82) is 0 Å². The predicted molar refractivity (Wildman–Crippen MR) is 139 cm³/mol. The SMILES string of the molecule is CCCCCCCCC1CCC(C2CCC(C3CCC(CCCCC)CC3)CC2)C(F)C1F. The molecular formula is C31H56F2. The van der Waals surface area contributed by atoms with E-state index in [0.717, 1.165) is 43.4 Å². The lowest BCUT2D eigenvalue weighted by Gasteiger charge is -2.43. The number of halogens is 2. The Kier molecular flexibility index (Phi) is 12.5. The minimum absolute atomic E-state index is 0.00808. The van der Waals surface area contributed by atoms with Crippen LogP contribution in [0.2, 0.25) is 0 Å². The van der Waals surface area contributed by atoms with Gasteiger partial charge < -0.3 is 0 Å². The molecule has 3 aliphatic rings.